The van der Waals surface area contributed by atoms with Gasteiger partial charge in [0.15, 0.2) is 5.41 Å². The number of methoxy groups -OCH3 is 2. The van der Waals surface area contributed by atoms with Crippen molar-refractivity contribution in [3.05, 3.63) is 59.4 Å². The van der Waals surface area contributed by atoms with Crippen molar-refractivity contribution in [1.82, 2.24) is 0 Å². The number of hydrogen-bond donors (Lipinski definition) is 1. The normalized spacial score (nSPS) is 29.2. The number of ether oxygens (including phenoxy) is 4. The van der Waals surface area contributed by atoms with Crippen LogP contribution in [0.3, 0.4) is 0 Å². The number of rotatable bonds is 4. The monoisotopic (exact) mass is 446 g/mol. The third kappa shape index (κ3) is 2.59. The molecule has 2 fully saturated rings. The Morgan fingerprint density at radius 2 is 1.67 bits per heavy atom. The lowest BCUT2D eigenvalue weighted by molar-refractivity contribution is -0.288. The van der Waals surface area contributed by atoms with Crippen molar-refractivity contribution in [1.29, 1.82) is 21.2 Å². The van der Waals surface area contributed by atoms with Crippen molar-refractivity contribution in [3.63, 3.8) is 0 Å². The second-order valence-electron chi connectivity index (χ2n) is 7.88. The molecule has 4 unspecified atom stereocenters. The van der Waals surface area contributed by atoms with E-state index in [1.54, 1.807) is 25.1 Å². The molecule has 9 heteroatoms. The Morgan fingerprint density at radius 1 is 1.00 bits per heavy atom. The van der Waals surface area contributed by atoms with Crippen LogP contribution in [0, 0.1) is 62.0 Å². The molecule has 1 N–H and O–H groups in total. The van der Waals surface area contributed by atoms with E-state index in [4.69, 9.17) is 24.4 Å². The summed E-state index contributed by atoms with van der Waals surface area (Å²) in [4.78, 5) is 0. The van der Waals surface area contributed by atoms with Crippen LogP contribution in [0.15, 0.2) is 42.5 Å². The van der Waals surface area contributed by atoms with Crippen LogP contribution in [0.2, 0.25) is 0 Å². The molecule has 2 aliphatic heterocycles. The summed E-state index contributed by atoms with van der Waals surface area (Å²) in [5.41, 5.74) is -3.54. The minimum atomic E-state index is -2.17. The molecular formula is C24H19FN4O4. The standard InChI is InChI=1S/C24H19FN4O4/c1-14-23(13-28)21(29)33-24(14,15-4-6-16(25)7-5-15)32-20(22(23,11-26)12-27)18-10-17(30-2)8-9-19(18)31-3/h4-10,14,20,29H,1-3H3. The smallest absolute Gasteiger partial charge is 0.244 e. The molecule has 4 rings (SSSR count). The quantitative estimate of drug-likeness (QED) is 0.752. The van der Waals surface area contributed by atoms with Gasteiger partial charge in [0.25, 0.3) is 0 Å². The predicted octanol–water partition coefficient (Wildman–Crippen LogP) is 3.95. The second-order valence-corrected chi connectivity index (χ2v) is 7.88. The highest BCUT2D eigenvalue weighted by atomic mass is 19.1. The van der Waals surface area contributed by atoms with Crippen LogP contribution in [0.5, 0.6) is 11.5 Å². The molecular weight excluding hydrogens is 427 g/mol. The first-order valence-corrected chi connectivity index (χ1v) is 9.97. The maximum absolute atomic E-state index is 13.7. The van der Waals surface area contributed by atoms with E-state index in [-0.39, 0.29) is 5.56 Å². The van der Waals surface area contributed by atoms with Gasteiger partial charge in [0.05, 0.1) is 38.3 Å². The van der Waals surface area contributed by atoms with Gasteiger partial charge in [-0.15, -0.1) is 0 Å². The molecule has 2 saturated heterocycles. The highest BCUT2D eigenvalue weighted by molar-refractivity contribution is 5.89. The molecule has 0 saturated carbocycles. The molecule has 0 aromatic heterocycles. The fraction of sp³-hybridized carbons (Fsp3) is 0.333. The van der Waals surface area contributed by atoms with Crippen LogP contribution in [-0.4, -0.2) is 20.1 Å². The predicted molar refractivity (Wildman–Crippen MR) is 111 cm³/mol. The van der Waals surface area contributed by atoms with Crippen molar-refractivity contribution in [2.75, 3.05) is 14.2 Å². The summed E-state index contributed by atoms with van der Waals surface area (Å²) in [7, 11) is 2.87. The second kappa shape index (κ2) is 7.48. The summed E-state index contributed by atoms with van der Waals surface area (Å²) in [6.45, 7) is 1.58. The van der Waals surface area contributed by atoms with Crippen molar-refractivity contribution >= 4 is 5.90 Å². The topological polar surface area (TPSA) is 132 Å². The summed E-state index contributed by atoms with van der Waals surface area (Å²) in [6, 6.07) is 16.1. The zero-order valence-corrected chi connectivity index (χ0v) is 18.0. The third-order valence-corrected chi connectivity index (χ3v) is 6.63. The average molecular weight is 446 g/mol. The fourth-order valence-electron chi connectivity index (χ4n) is 4.87. The van der Waals surface area contributed by atoms with E-state index in [0.717, 1.165) is 0 Å². The maximum atomic E-state index is 13.7. The molecule has 0 amide bonds. The average Bonchev–Trinajstić information content (AvgIpc) is 3.00. The number of nitrogens with one attached hydrogen (secondary N) is 1. The SMILES string of the molecule is COc1ccc(OC)c(C2OC3(c4ccc(F)cc4)OC(=N)C(C#N)(C3C)C2(C#N)C#N)c1. The zero-order chi connectivity index (χ0) is 24.0. The van der Waals surface area contributed by atoms with Crippen molar-refractivity contribution in [2.24, 2.45) is 16.7 Å². The molecule has 2 aliphatic rings. The Morgan fingerprint density at radius 3 is 2.21 bits per heavy atom. The van der Waals surface area contributed by atoms with Gasteiger partial charge in [0.2, 0.25) is 17.1 Å². The van der Waals surface area contributed by atoms with Crippen molar-refractivity contribution in [2.45, 2.75) is 18.8 Å². The Labute approximate surface area is 189 Å². The van der Waals surface area contributed by atoms with Gasteiger partial charge in [-0.3, -0.25) is 5.41 Å². The minimum absolute atomic E-state index is 0.274. The van der Waals surface area contributed by atoms with Crippen LogP contribution in [0.4, 0.5) is 4.39 Å². The van der Waals surface area contributed by atoms with E-state index in [1.807, 2.05) is 12.1 Å². The molecule has 166 valence electrons. The van der Waals surface area contributed by atoms with Gasteiger partial charge in [0, 0.05) is 11.1 Å². The highest BCUT2D eigenvalue weighted by Gasteiger charge is 2.80. The van der Waals surface area contributed by atoms with Gasteiger partial charge < -0.3 is 18.9 Å². The van der Waals surface area contributed by atoms with E-state index in [9.17, 15) is 20.2 Å². The molecule has 33 heavy (non-hydrogen) atoms. The van der Waals surface area contributed by atoms with Gasteiger partial charge >= 0.3 is 0 Å². The molecule has 2 bridgehead atoms. The van der Waals surface area contributed by atoms with Crippen LogP contribution < -0.4 is 9.47 Å². The molecule has 2 aromatic carbocycles. The van der Waals surface area contributed by atoms with E-state index in [2.05, 4.69) is 6.07 Å². The number of nitriles is 3. The van der Waals surface area contributed by atoms with E-state index in [1.165, 1.54) is 38.5 Å². The lowest BCUT2D eigenvalue weighted by Gasteiger charge is -2.49. The van der Waals surface area contributed by atoms with Crippen molar-refractivity contribution in [3.8, 4) is 29.7 Å². The summed E-state index contributed by atoms with van der Waals surface area (Å²) in [6.07, 6.45) is -1.37. The zero-order valence-electron chi connectivity index (χ0n) is 18.0. The Kier molecular flexibility index (Phi) is 5.00. The number of hydrogen-bond acceptors (Lipinski definition) is 8. The molecule has 0 aliphatic carbocycles. The van der Waals surface area contributed by atoms with Crippen LogP contribution in [0.1, 0.15) is 24.2 Å². The van der Waals surface area contributed by atoms with Gasteiger partial charge in [-0.25, -0.2) is 4.39 Å². The number of benzene rings is 2. The summed E-state index contributed by atoms with van der Waals surface area (Å²) in [5, 5.41) is 39.6. The summed E-state index contributed by atoms with van der Waals surface area (Å²) in [5.74, 6) is -3.04. The van der Waals surface area contributed by atoms with Crippen LogP contribution in [-0.2, 0) is 15.3 Å². The number of fused-ring (bicyclic) bond motifs is 2. The molecule has 8 nitrogen and oxygen atoms in total. The first-order chi connectivity index (χ1) is 15.8. The largest absolute Gasteiger partial charge is 0.497 e. The van der Waals surface area contributed by atoms with E-state index >= 15 is 0 Å². The fourth-order valence-corrected chi connectivity index (χ4v) is 4.87. The van der Waals surface area contributed by atoms with E-state index in [0.29, 0.717) is 17.1 Å². The minimum Gasteiger partial charge on any atom is -0.497 e. The number of halogens is 1. The van der Waals surface area contributed by atoms with Gasteiger partial charge in [-0.1, -0.05) is 6.92 Å². The Bertz CT molecular complexity index is 1250. The third-order valence-electron chi connectivity index (χ3n) is 6.63. The first kappa shape index (κ1) is 22.1. The first-order valence-electron chi connectivity index (χ1n) is 9.97. The van der Waals surface area contributed by atoms with E-state index < -0.39 is 40.4 Å². The lowest BCUT2D eigenvalue weighted by Crippen LogP contribution is -2.57. The van der Waals surface area contributed by atoms with Crippen LogP contribution >= 0.6 is 0 Å². The van der Waals surface area contributed by atoms with Crippen molar-refractivity contribution < 1.29 is 23.3 Å². The summed E-state index contributed by atoms with van der Waals surface area (Å²) < 4.78 is 36.7. The highest BCUT2D eigenvalue weighted by Crippen LogP contribution is 2.69. The maximum Gasteiger partial charge on any atom is 0.244 e. The van der Waals surface area contributed by atoms with Gasteiger partial charge in [-0.2, -0.15) is 15.8 Å². The number of nitrogens with zero attached hydrogens (tertiary/aromatic N) is 3. The summed E-state index contributed by atoms with van der Waals surface area (Å²) >= 11 is 0. The molecule has 4 atom stereocenters. The van der Waals surface area contributed by atoms with Crippen LogP contribution in [0.25, 0.3) is 0 Å². The molecule has 2 heterocycles. The molecule has 2 aromatic rings. The Balaban J connectivity index is 2.07. The molecule has 0 spiro atoms. The molecule has 0 radical (unpaired) electrons. The lowest BCUT2D eigenvalue weighted by atomic mass is 9.53. The van der Waals surface area contributed by atoms with Gasteiger partial charge in [-0.05, 0) is 42.5 Å². The van der Waals surface area contributed by atoms with Gasteiger partial charge in [0.1, 0.15) is 23.4 Å². The Hall–Kier alpha value is -4.13.